The number of hydrogen-bond donors (Lipinski definition) is 0. The summed E-state index contributed by atoms with van der Waals surface area (Å²) in [5.41, 5.74) is -5.18. The summed E-state index contributed by atoms with van der Waals surface area (Å²) in [6.45, 7) is 1.37. The number of hydrogen-bond acceptors (Lipinski definition) is 4. The molecule has 0 saturated heterocycles. The molecule has 0 unspecified atom stereocenters. The Morgan fingerprint density at radius 3 is 2.00 bits per heavy atom. The highest BCUT2D eigenvalue weighted by Crippen LogP contribution is 2.42. The smallest absolute Gasteiger partial charge is 0.417 e. The molecule has 0 aliphatic carbocycles. The molecule has 0 aliphatic heterocycles. The van der Waals surface area contributed by atoms with Crippen LogP contribution >= 0.6 is 0 Å². The Labute approximate surface area is 133 Å². The number of alkyl halides is 6. The van der Waals surface area contributed by atoms with E-state index in [4.69, 9.17) is 0 Å². The van der Waals surface area contributed by atoms with Crippen molar-refractivity contribution in [2.45, 2.75) is 25.7 Å². The van der Waals surface area contributed by atoms with Gasteiger partial charge in [-0.1, -0.05) is 6.92 Å². The Balaban J connectivity index is 3.80. The standard InChI is InChI=1S/C13H12F6O4S/c1-3-4-24(21,22)11(20)10-8(13(17,18)19)5-7(12(14,15)16)6-9(10)23-2/h5-6H,3-4H2,1-2H3. The third-order valence-electron chi connectivity index (χ3n) is 2.91. The Bertz CT molecular complexity index is 734. The second kappa shape index (κ2) is 6.61. The molecule has 136 valence electrons. The molecule has 0 radical (unpaired) electrons. The van der Waals surface area contributed by atoms with E-state index in [-0.39, 0.29) is 18.6 Å². The molecule has 0 saturated carbocycles. The lowest BCUT2D eigenvalue weighted by Crippen LogP contribution is -2.24. The first-order chi connectivity index (χ1) is 10.8. The summed E-state index contributed by atoms with van der Waals surface area (Å²) in [5.74, 6) is -1.85. The van der Waals surface area contributed by atoms with Gasteiger partial charge in [0.05, 0.1) is 29.6 Å². The van der Waals surface area contributed by atoms with Crippen LogP contribution in [-0.2, 0) is 22.2 Å². The van der Waals surface area contributed by atoms with E-state index in [1.165, 1.54) is 6.92 Å². The first kappa shape index (κ1) is 20.3. The SMILES string of the molecule is CCCS(=O)(=O)C(=O)c1c(OC)cc(C(F)(F)F)cc1C(F)(F)F. The summed E-state index contributed by atoms with van der Waals surface area (Å²) in [4.78, 5) is 12.0. The molecule has 0 spiro atoms. The molecule has 0 atom stereocenters. The van der Waals surface area contributed by atoms with Crippen LogP contribution in [0.25, 0.3) is 0 Å². The van der Waals surface area contributed by atoms with E-state index in [0.29, 0.717) is 0 Å². The van der Waals surface area contributed by atoms with E-state index in [9.17, 15) is 39.6 Å². The van der Waals surface area contributed by atoms with Crippen LogP contribution in [0.1, 0.15) is 34.8 Å². The van der Waals surface area contributed by atoms with Crippen molar-refractivity contribution in [2.75, 3.05) is 12.9 Å². The predicted octanol–water partition coefficient (Wildman–Crippen LogP) is 3.70. The molecule has 0 fully saturated rings. The average molecular weight is 378 g/mol. The molecule has 1 aromatic carbocycles. The zero-order chi connectivity index (χ0) is 18.9. The fourth-order valence-electron chi connectivity index (χ4n) is 1.89. The van der Waals surface area contributed by atoms with Crippen LogP contribution in [0.3, 0.4) is 0 Å². The number of halogens is 6. The topological polar surface area (TPSA) is 60.4 Å². The summed E-state index contributed by atoms with van der Waals surface area (Å²) in [6.07, 6.45) is -10.6. The summed E-state index contributed by atoms with van der Waals surface area (Å²) >= 11 is 0. The summed E-state index contributed by atoms with van der Waals surface area (Å²) in [6, 6.07) is -0.152. The molecular weight excluding hydrogens is 366 g/mol. The summed E-state index contributed by atoms with van der Waals surface area (Å²) in [5, 5.41) is -1.93. The quantitative estimate of drug-likeness (QED) is 0.750. The first-order valence-corrected chi connectivity index (χ1v) is 8.04. The number of methoxy groups -OCH3 is 1. The molecule has 0 heterocycles. The van der Waals surface area contributed by atoms with Gasteiger partial charge >= 0.3 is 12.4 Å². The number of sulfone groups is 1. The Morgan fingerprint density at radius 2 is 1.62 bits per heavy atom. The van der Waals surface area contributed by atoms with E-state index in [0.717, 1.165) is 7.11 Å². The van der Waals surface area contributed by atoms with Gasteiger partial charge in [0.15, 0.2) is 0 Å². The van der Waals surface area contributed by atoms with Gasteiger partial charge in [-0.25, -0.2) is 8.42 Å². The first-order valence-electron chi connectivity index (χ1n) is 6.39. The van der Waals surface area contributed by atoms with E-state index < -0.39 is 55.5 Å². The Morgan fingerprint density at radius 1 is 1.08 bits per heavy atom. The highest BCUT2D eigenvalue weighted by molar-refractivity contribution is 8.06. The number of rotatable bonds is 4. The van der Waals surface area contributed by atoms with Crippen LogP contribution in [0.15, 0.2) is 12.1 Å². The Hall–Kier alpha value is -1.78. The van der Waals surface area contributed by atoms with Gasteiger partial charge in [0.1, 0.15) is 5.75 Å². The minimum Gasteiger partial charge on any atom is -0.496 e. The molecular formula is C13H12F6O4S. The van der Waals surface area contributed by atoms with Gasteiger partial charge in [-0.2, -0.15) is 26.3 Å². The van der Waals surface area contributed by atoms with Crippen molar-refractivity contribution in [1.82, 2.24) is 0 Å². The van der Waals surface area contributed by atoms with E-state index >= 15 is 0 Å². The average Bonchev–Trinajstić information content (AvgIpc) is 2.42. The van der Waals surface area contributed by atoms with Gasteiger partial charge in [-0.3, -0.25) is 4.79 Å². The van der Waals surface area contributed by atoms with Gasteiger partial charge in [0, 0.05) is 0 Å². The van der Waals surface area contributed by atoms with Crippen molar-refractivity contribution >= 4 is 15.0 Å². The van der Waals surface area contributed by atoms with Crippen molar-refractivity contribution in [3.05, 3.63) is 28.8 Å². The van der Waals surface area contributed by atoms with Crippen LogP contribution in [0.2, 0.25) is 0 Å². The third-order valence-corrected chi connectivity index (χ3v) is 4.63. The van der Waals surface area contributed by atoms with Gasteiger partial charge in [-0.15, -0.1) is 0 Å². The fraction of sp³-hybridized carbons (Fsp3) is 0.462. The van der Waals surface area contributed by atoms with Crippen molar-refractivity contribution in [3.8, 4) is 5.75 Å². The highest BCUT2D eigenvalue weighted by Gasteiger charge is 2.43. The van der Waals surface area contributed by atoms with Gasteiger partial charge in [0.25, 0.3) is 5.12 Å². The van der Waals surface area contributed by atoms with Crippen LogP contribution in [-0.4, -0.2) is 26.4 Å². The van der Waals surface area contributed by atoms with Crippen LogP contribution in [0.4, 0.5) is 26.3 Å². The monoisotopic (exact) mass is 378 g/mol. The lowest BCUT2D eigenvalue weighted by molar-refractivity contribution is -0.143. The van der Waals surface area contributed by atoms with Gasteiger partial charge in [0.2, 0.25) is 9.84 Å². The molecule has 1 aromatic rings. The van der Waals surface area contributed by atoms with Crippen molar-refractivity contribution in [3.63, 3.8) is 0 Å². The molecule has 0 aromatic heterocycles. The van der Waals surface area contributed by atoms with Crippen LogP contribution in [0, 0.1) is 0 Å². The highest BCUT2D eigenvalue weighted by atomic mass is 32.2. The van der Waals surface area contributed by atoms with Crippen molar-refractivity contribution in [1.29, 1.82) is 0 Å². The molecule has 4 nitrogen and oxygen atoms in total. The van der Waals surface area contributed by atoms with Crippen molar-refractivity contribution < 1.29 is 44.3 Å². The van der Waals surface area contributed by atoms with E-state index in [1.54, 1.807) is 0 Å². The normalized spacial score (nSPS) is 13.0. The van der Waals surface area contributed by atoms with Crippen molar-refractivity contribution in [2.24, 2.45) is 0 Å². The second-order valence-electron chi connectivity index (χ2n) is 4.70. The molecule has 0 bridgehead atoms. The Kier molecular flexibility index (Phi) is 5.58. The summed E-state index contributed by atoms with van der Waals surface area (Å²) < 4.78 is 105. The molecule has 0 N–H and O–H groups in total. The molecule has 0 amide bonds. The van der Waals surface area contributed by atoms with Gasteiger partial charge < -0.3 is 4.74 Å². The largest absolute Gasteiger partial charge is 0.496 e. The fourth-order valence-corrected chi connectivity index (χ4v) is 3.14. The maximum Gasteiger partial charge on any atom is 0.417 e. The zero-order valence-corrected chi connectivity index (χ0v) is 13.2. The van der Waals surface area contributed by atoms with Crippen LogP contribution in [0.5, 0.6) is 5.75 Å². The molecule has 0 aliphatic rings. The maximum absolute atomic E-state index is 13.1. The minimum absolute atomic E-state index is 0.0572. The van der Waals surface area contributed by atoms with Crippen LogP contribution < -0.4 is 4.74 Å². The second-order valence-corrected chi connectivity index (χ2v) is 6.71. The number of carbonyl (C=O) groups is 1. The minimum atomic E-state index is -5.39. The lowest BCUT2D eigenvalue weighted by Gasteiger charge is -2.18. The lowest BCUT2D eigenvalue weighted by atomic mass is 10.0. The predicted molar refractivity (Wildman–Crippen MR) is 71.4 cm³/mol. The maximum atomic E-state index is 13.1. The molecule has 24 heavy (non-hydrogen) atoms. The zero-order valence-electron chi connectivity index (χ0n) is 12.4. The van der Waals surface area contributed by atoms with E-state index in [1.807, 2.05) is 0 Å². The van der Waals surface area contributed by atoms with Gasteiger partial charge in [-0.05, 0) is 18.6 Å². The summed E-state index contributed by atoms with van der Waals surface area (Å²) in [7, 11) is -3.89. The molecule has 11 heteroatoms. The number of carbonyl (C=O) groups excluding carboxylic acids is 1. The van der Waals surface area contributed by atoms with E-state index in [2.05, 4.69) is 4.74 Å². The molecule has 1 rings (SSSR count). The number of ether oxygens (including phenoxy) is 1. The third kappa shape index (κ3) is 4.19. The number of benzene rings is 1.